The highest BCUT2D eigenvalue weighted by Gasteiger charge is 2.28. The van der Waals surface area contributed by atoms with Crippen molar-refractivity contribution >= 4 is 17.2 Å². The lowest BCUT2D eigenvalue weighted by Crippen LogP contribution is -2.50. The summed E-state index contributed by atoms with van der Waals surface area (Å²) in [5.74, 6) is -0.254. The van der Waals surface area contributed by atoms with Crippen LogP contribution in [-0.2, 0) is 0 Å². The van der Waals surface area contributed by atoms with Crippen molar-refractivity contribution in [2.45, 2.75) is 45.2 Å². The second kappa shape index (κ2) is 6.26. The Morgan fingerprint density at radius 2 is 2.22 bits per heavy atom. The van der Waals surface area contributed by atoms with E-state index in [-0.39, 0.29) is 18.6 Å². The second-order valence-corrected chi connectivity index (χ2v) is 5.35. The summed E-state index contributed by atoms with van der Waals surface area (Å²) >= 11 is 1.38. The first-order valence-corrected chi connectivity index (χ1v) is 7.00. The third kappa shape index (κ3) is 3.28. The van der Waals surface area contributed by atoms with Crippen molar-refractivity contribution < 1.29 is 9.90 Å². The summed E-state index contributed by atoms with van der Waals surface area (Å²) in [5.41, 5.74) is 5.52. The van der Waals surface area contributed by atoms with Crippen LogP contribution >= 0.6 is 11.3 Å². The summed E-state index contributed by atoms with van der Waals surface area (Å²) in [4.78, 5) is 16.3. The van der Waals surface area contributed by atoms with Gasteiger partial charge in [-0.2, -0.15) is 0 Å². The largest absolute Gasteiger partial charge is 0.394 e. The number of carbonyl (C=O) groups excluding carboxylic acids is 1. The van der Waals surface area contributed by atoms with E-state index >= 15 is 0 Å². The Morgan fingerprint density at radius 1 is 1.61 bits per heavy atom. The van der Waals surface area contributed by atoms with E-state index in [2.05, 4.69) is 10.3 Å². The molecule has 102 valence electrons. The number of nitrogens with zero attached hydrogens (tertiary/aromatic N) is 1. The van der Waals surface area contributed by atoms with Gasteiger partial charge in [0.15, 0.2) is 0 Å². The zero-order chi connectivity index (χ0) is 13.8. The van der Waals surface area contributed by atoms with E-state index in [1.807, 2.05) is 20.8 Å². The van der Waals surface area contributed by atoms with E-state index in [1.54, 1.807) is 5.38 Å². The minimum Gasteiger partial charge on any atom is -0.394 e. The van der Waals surface area contributed by atoms with Crippen molar-refractivity contribution in [2.75, 3.05) is 6.61 Å². The lowest BCUT2D eigenvalue weighted by Gasteiger charge is -2.30. The van der Waals surface area contributed by atoms with Gasteiger partial charge in [0, 0.05) is 5.38 Å². The number of hydrogen-bond donors (Lipinski definition) is 3. The molecule has 0 saturated heterocycles. The van der Waals surface area contributed by atoms with Crippen LogP contribution in [0.15, 0.2) is 5.38 Å². The Kier molecular flexibility index (Phi) is 5.25. The molecule has 1 amide bonds. The molecule has 5 nitrogen and oxygen atoms in total. The monoisotopic (exact) mass is 271 g/mol. The van der Waals surface area contributed by atoms with Gasteiger partial charge < -0.3 is 16.2 Å². The predicted molar refractivity (Wildman–Crippen MR) is 72.6 cm³/mol. The number of aliphatic hydroxyl groups excluding tert-OH is 1. The second-order valence-electron chi connectivity index (χ2n) is 4.46. The summed E-state index contributed by atoms with van der Waals surface area (Å²) < 4.78 is 0. The van der Waals surface area contributed by atoms with Crippen LogP contribution in [0.2, 0.25) is 0 Å². The van der Waals surface area contributed by atoms with Crippen LogP contribution in [0.25, 0.3) is 0 Å². The van der Waals surface area contributed by atoms with Crippen LogP contribution in [-0.4, -0.2) is 28.1 Å². The summed E-state index contributed by atoms with van der Waals surface area (Å²) in [6, 6.07) is -0.170. The van der Waals surface area contributed by atoms with Gasteiger partial charge in [0.2, 0.25) is 0 Å². The Labute approximate surface area is 111 Å². The number of rotatable bonds is 6. The molecule has 1 heterocycles. The van der Waals surface area contributed by atoms with Gasteiger partial charge in [0.1, 0.15) is 10.7 Å². The maximum absolute atomic E-state index is 12.1. The molecule has 0 aliphatic carbocycles. The van der Waals surface area contributed by atoms with Crippen LogP contribution in [0, 0.1) is 0 Å². The first-order valence-electron chi connectivity index (χ1n) is 6.12. The highest BCUT2D eigenvalue weighted by Crippen LogP contribution is 2.18. The molecule has 0 radical (unpaired) electrons. The molecule has 4 N–H and O–H groups in total. The molecule has 18 heavy (non-hydrogen) atoms. The average Bonchev–Trinajstić information content (AvgIpc) is 2.86. The molecule has 1 aromatic rings. The van der Waals surface area contributed by atoms with Gasteiger partial charge >= 0.3 is 0 Å². The minimum absolute atomic E-state index is 0.0734. The molecule has 1 unspecified atom stereocenters. The maximum Gasteiger partial charge on any atom is 0.271 e. The third-order valence-corrected chi connectivity index (χ3v) is 4.22. The van der Waals surface area contributed by atoms with Gasteiger partial charge in [-0.05, 0) is 19.8 Å². The molecule has 1 rings (SSSR count). The van der Waals surface area contributed by atoms with Gasteiger partial charge in [-0.1, -0.05) is 13.8 Å². The Balaban J connectivity index is 2.80. The Morgan fingerprint density at radius 3 is 2.61 bits per heavy atom. The van der Waals surface area contributed by atoms with Crippen molar-refractivity contribution in [1.29, 1.82) is 0 Å². The van der Waals surface area contributed by atoms with Crippen molar-refractivity contribution in [3.63, 3.8) is 0 Å². The third-order valence-electron chi connectivity index (χ3n) is 3.18. The number of carbonyl (C=O) groups is 1. The van der Waals surface area contributed by atoms with E-state index in [4.69, 9.17) is 5.73 Å². The number of hydrogen-bond acceptors (Lipinski definition) is 5. The van der Waals surface area contributed by atoms with Gasteiger partial charge in [0.25, 0.3) is 5.91 Å². The Hall–Kier alpha value is -0.980. The fourth-order valence-electron chi connectivity index (χ4n) is 1.60. The number of amides is 1. The molecule has 0 aliphatic heterocycles. The van der Waals surface area contributed by atoms with Gasteiger partial charge in [0.05, 0.1) is 18.2 Å². The van der Waals surface area contributed by atoms with Crippen molar-refractivity contribution in [3.05, 3.63) is 16.1 Å². The number of thiazole rings is 1. The first kappa shape index (κ1) is 15.1. The fraction of sp³-hybridized carbons (Fsp3) is 0.667. The molecule has 0 aliphatic rings. The van der Waals surface area contributed by atoms with E-state index in [1.165, 1.54) is 11.3 Å². The van der Waals surface area contributed by atoms with Crippen molar-refractivity contribution in [2.24, 2.45) is 5.73 Å². The standard InChI is InChI=1S/C12H21N3O2S/c1-4-12(5-2,7-16)15-10(17)9-6-18-11(14-9)8(3)13/h6,8,16H,4-5,7,13H2,1-3H3,(H,15,17). The van der Waals surface area contributed by atoms with Crippen LogP contribution in [0.1, 0.15) is 55.2 Å². The van der Waals surface area contributed by atoms with E-state index < -0.39 is 5.54 Å². The normalized spacial score (nSPS) is 13.4. The van der Waals surface area contributed by atoms with Crippen LogP contribution < -0.4 is 11.1 Å². The molecule has 0 spiro atoms. The minimum atomic E-state index is -0.560. The highest BCUT2D eigenvalue weighted by molar-refractivity contribution is 7.09. The SMILES string of the molecule is CCC(CC)(CO)NC(=O)c1csc(C(C)N)n1. The summed E-state index contributed by atoms with van der Waals surface area (Å²) in [7, 11) is 0. The average molecular weight is 271 g/mol. The summed E-state index contributed by atoms with van der Waals surface area (Å²) in [6.45, 7) is 5.63. The topological polar surface area (TPSA) is 88.2 Å². The van der Waals surface area contributed by atoms with E-state index in [0.717, 1.165) is 5.01 Å². The molecule has 6 heteroatoms. The molecule has 0 bridgehead atoms. The molecule has 1 atom stereocenters. The van der Waals surface area contributed by atoms with Crippen molar-refractivity contribution in [1.82, 2.24) is 10.3 Å². The van der Waals surface area contributed by atoms with Crippen molar-refractivity contribution in [3.8, 4) is 0 Å². The zero-order valence-electron chi connectivity index (χ0n) is 11.1. The first-order chi connectivity index (χ1) is 8.48. The van der Waals surface area contributed by atoms with Crippen LogP contribution in [0.3, 0.4) is 0 Å². The number of nitrogens with two attached hydrogens (primary N) is 1. The smallest absolute Gasteiger partial charge is 0.271 e. The number of nitrogens with one attached hydrogen (secondary N) is 1. The summed E-state index contributed by atoms with van der Waals surface area (Å²) in [6.07, 6.45) is 1.35. The van der Waals surface area contributed by atoms with Crippen LogP contribution in [0.4, 0.5) is 0 Å². The quantitative estimate of drug-likeness (QED) is 0.730. The summed E-state index contributed by atoms with van der Waals surface area (Å²) in [5, 5.41) is 14.7. The number of aliphatic hydroxyl groups is 1. The molecule has 0 fully saturated rings. The molecular formula is C12H21N3O2S. The van der Waals surface area contributed by atoms with Crippen LogP contribution in [0.5, 0.6) is 0 Å². The van der Waals surface area contributed by atoms with Gasteiger partial charge in [-0.25, -0.2) is 4.98 Å². The predicted octanol–water partition coefficient (Wildman–Crippen LogP) is 1.44. The van der Waals surface area contributed by atoms with Gasteiger partial charge in [-0.3, -0.25) is 4.79 Å². The fourth-order valence-corrected chi connectivity index (χ4v) is 2.35. The lowest BCUT2D eigenvalue weighted by molar-refractivity contribution is 0.0813. The highest BCUT2D eigenvalue weighted by atomic mass is 32.1. The van der Waals surface area contributed by atoms with E-state index in [9.17, 15) is 9.90 Å². The number of aromatic nitrogens is 1. The molecule has 0 saturated carbocycles. The maximum atomic E-state index is 12.1. The Bertz CT molecular complexity index is 392. The molecule has 1 aromatic heterocycles. The van der Waals surface area contributed by atoms with E-state index in [0.29, 0.717) is 18.5 Å². The zero-order valence-corrected chi connectivity index (χ0v) is 11.9. The molecular weight excluding hydrogens is 250 g/mol. The van der Waals surface area contributed by atoms with Gasteiger partial charge in [-0.15, -0.1) is 11.3 Å². The molecule has 0 aromatic carbocycles. The lowest BCUT2D eigenvalue weighted by atomic mass is 9.94.